The molecule has 0 unspecified atom stereocenters. The second-order valence-corrected chi connectivity index (χ2v) is 2.55. The lowest BCUT2D eigenvalue weighted by Gasteiger charge is -2.03. The standard InChI is InChI=1S/C7H11NO2/c1-5-3-6(8-4-5)7(9)10-2/h4-6H,3H2,1-2H3/t5-,6+/m0/s1. The van der Waals surface area contributed by atoms with Gasteiger partial charge in [0, 0.05) is 6.21 Å². The van der Waals surface area contributed by atoms with Crippen LogP contribution in [0.2, 0.25) is 0 Å². The Morgan fingerprint density at radius 1 is 1.80 bits per heavy atom. The van der Waals surface area contributed by atoms with Crippen LogP contribution in [0.1, 0.15) is 13.3 Å². The third kappa shape index (κ3) is 1.35. The quantitative estimate of drug-likeness (QED) is 0.502. The molecule has 0 aliphatic carbocycles. The number of rotatable bonds is 1. The van der Waals surface area contributed by atoms with Crippen LogP contribution in [0.15, 0.2) is 4.99 Å². The average molecular weight is 141 g/mol. The maximum absolute atomic E-state index is 10.8. The van der Waals surface area contributed by atoms with Gasteiger partial charge in [0.1, 0.15) is 6.04 Å². The highest BCUT2D eigenvalue weighted by Crippen LogP contribution is 2.14. The van der Waals surface area contributed by atoms with E-state index in [-0.39, 0.29) is 12.0 Å². The molecule has 1 heterocycles. The van der Waals surface area contributed by atoms with Crippen molar-refractivity contribution in [2.45, 2.75) is 19.4 Å². The molecule has 0 aromatic carbocycles. The van der Waals surface area contributed by atoms with Crippen LogP contribution in [-0.4, -0.2) is 25.3 Å². The number of methoxy groups -OCH3 is 1. The van der Waals surface area contributed by atoms with Gasteiger partial charge in [0.05, 0.1) is 7.11 Å². The third-order valence-corrected chi connectivity index (χ3v) is 1.59. The van der Waals surface area contributed by atoms with Gasteiger partial charge in [0.25, 0.3) is 0 Å². The summed E-state index contributed by atoms with van der Waals surface area (Å²) >= 11 is 0. The van der Waals surface area contributed by atoms with Gasteiger partial charge in [-0.25, -0.2) is 4.79 Å². The third-order valence-electron chi connectivity index (χ3n) is 1.59. The molecule has 1 rings (SSSR count). The fraction of sp³-hybridized carbons (Fsp3) is 0.714. The Labute approximate surface area is 60.1 Å². The number of nitrogens with zero attached hydrogens (tertiary/aromatic N) is 1. The van der Waals surface area contributed by atoms with E-state index in [1.165, 1.54) is 7.11 Å². The van der Waals surface area contributed by atoms with E-state index in [1.807, 2.05) is 13.1 Å². The number of carbonyl (C=O) groups is 1. The van der Waals surface area contributed by atoms with Crippen molar-refractivity contribution in [3.8, 4) is 0 Å². The summed E-state index contributed by atoms with van der Waals surface area (Å²) in [6.07, 6.45) is 2.61. The monoisotopic (exact) mass is 141 g/mol. The summed E-state index contributed by atoms with van der Waals surface area (Å²) in [6, 6.07) is -0.236. The van der Waals surface area contributed by atoms with E-state index in [0.29, 0.717) is 5.92 Å². The molecular formula is C7H11NO2. The first-order chi connectivity index (χ1) is 4.74. The highest BCUT2D eigenvalue weighted by molar-refractivity contribution is 5.81. The van der Waals surface area contributed by atoms with Crippen molar-refractivity contribution in [1.29, 1.82) is 0 Å². The Morgan fingerprint density at radius 3 is 2.90 bits per heavy atom. The van der Waals surface area contributed by atoms with Gasteiger partial charge in [-0.1, -0.05) is 6.92 Å². The zero-order valence-corrected chi connectivity index (χ0v) is 6.20. The van der Waals surface area contributed by atoms with E-state index in [1.54, 1.807) is 0 Å². The van der Waals surface area contributed by atoms with Crippen LogP contribution >= 0.6 is 0 Å². The summed E-state index contributed by atoms with van der Waals surface area (Å²) in [5.41, 5.74) is 0. The molecule has 10 heavy (non-hydrogen) atoms. The molecule has 1 aliphatic heterocycles. The van der Waals surface area contributed by atoms with Crippen molar-refractivity contribution < 1.29 is 9.53 Å². The molecule has 56 valence electrons. The topological polar surface area (TPSA) is 38.7 Å². The normalized spacial score (nSPS) is 30.6. The van der Waals surface area contributed by atoms with Crippen LogP contribution in [0.4, 0.5) is 0 Å². The maximum atomic E-state index is 10.8. The van der Waals surface area contributed by atoms with Crippen LogP contribution in [0, 0.1) is 5.92 Å². The molecule has 2 atom stereocenters. The summed E-state index contributed by atoms with van der Waals surface area (Å²) in [6.45, 7) is 2.03. The summed E-state index contributed by atoms with van der Waals surface area (Å²) in [7, 11) is 1.39. The van der Waals surface area contributed by atoms with E-state index < -0.39 is 0 Å². The SMILES string of the molecule is COC(=O)[C@H]1C[C@H](C)C=N1. The van der Waals surface area contributed by atoms with Gasteiger partial charge in [-0.2, -0.15) is 0 Å². The Kier molecular flexibility index (Phi) is 2.04. The van der Waals surface area contributed by atoms with Crippen LogP contribution in [0.25, 0.3) is 0 Å². The number of esters is 1. The van der Waals surface area contributed by atoms with Crippen molar-refractivity contribution in [3.05, 3.63) is 0 Å². The molecule has 1 aliphatic rings. The van der Waals surface area contributed by atoms with Gasteiger partial charge in [-0.05, 0) is 12.3 Å². The molecule has 3 heteroatoms. The minimum absolute atomic E-state index is 0.222. The van der Waals surface area contributed by atoms with Gasteiger partial charge in [0.2, 0.25) is 0 Å². The van der Waals surface area contributed by atoms with Crippen LogP contribution in [-0.2, 0) is 9.53 Å². The van der Waals surface area contributed by atoms with Crippen molar-refractivity contribution in [1.82, 2.24) is 0 Å². The first-order valence-corrected chi connectivity index (χ1v) is 3.35. The zero-order valence-electron chi connectivity index (χ0n) is 6.20. The molecule has 0 fully saturated rings. The summed E-state index contributed by atoms with van der Waals surface area (Å²) in [4.78, 5) is 14.8. The lowest BCUT2D eigenvalue weighted by Crippen LogP contribution is -2.18. The molecular weight excluding hydrogens is 130 g/mol. The Hall–Kier alpha value is -0.860. The molecule has 3 nitrogen and oxygen atoms in total. The fourth-order valence-electron chi connectivity index (χ4n) is 1.02. The van der Waals surface area contributed by atoms with Crippen LogP contribution < -0.4 is 0 Å². The van der Waals surface area contributed by atoms with E-state index in [0.717, 1.165) is 6.42 Å². The van der Waals surface area contributed by atoms with Gasteiger partial charge >= 0.3 is 5.97 Å². The van der Waals surface area contributed by atoms with Crippen LogP contribution in [0.5, 0.6) is 0 Å². The molecule has 0 bridgehead atoms. The Morgan fingerprint density at radius 2 is 2.50 bits per heavy atom. The summed E-state index contributed by atoms with van der Waals surface area (Å²) in [5.74, 6) is 0.199. The molecule has 0 aromatic rings. The molecule has 0 saturated heterocycles. The van der Waals surface area contributed by atoms with Gasteiger partial charge in [-0.15, -0.1) is 0 Å². The predicted octanol–water partition coefficient (Wildman–Crippen LogP) is 0.639. The highest BCUT2D eigenvalue weighted by Gasteiger charge is 2.23. The largest absolute Gasteiger partial charge is 0.467 e. The first-order valence-electron chi connectivity index (χ1n) is 3.35. The molecule has 0 spiro atoms. The highest BCUT2D eigenvalue weighted by atomic mass is 16.5. The second kappa shape index (κ2) is 2.82. The Bertz CT molecular complexity index is 165. The molecule has 0 radical (unpaired) electrons. The number of carbonyl (C=O) groups excluding carboxylic acids is 1. The maximum Gasteiger partial charge on any atom is 0.330 e. The summed E-state index contributed by atoms with van der Waals surface area (Å²) < 4.78 is 4.53. The smallest absolute Gasteiger partial charge is 0.330 e. The zero-order chi connectivity index (χ0) is 7.56. The number of hydrogen-bond donors (Lipinski definition) is 0. The van der Waals surface area contributed by atoms with Gasteiger partial charge in [-0.3, -0.25) is 4.99 Å². The minimum Gasteiger partial charge on any atom is -0.467 e. The lowest BCUT2D eigenvalue weighted by atomic mass is 10.1. The van der Waals surface area contributed by atoms with Gasteiger partial charge in [0.15, 0.2) is 0 Å². The van der Waals surface area contributed by atoms with E-state index >= 15 is 0 Å². The first kappa shape index (κ1) is 7.25. The van der Waals surface area contributed by atoms with Crippen LogP contribution in [0.3, 0.4) is 0 Å². The molecule has 0 aromatic heterocycles. The number of ether oxygens (including phenoxy) is 1. The second-order valence-electron chi connectivity index (χ2n) is 2.55. The van der Waals surface area contributed by atoms with Crippen molar-refractivity contribution >= 4 is 12.2 Å². The summed E-state index contributed by atoms with van der Waals surface area (Å²) in [5, 5.41) is 0. The van der Waals surface area contributed by atoms with E-state index in [9.17, 15) is 4.79 Å². The van der Waals surface area contributed by atoms with E-state index in [4.69, 9.17) is 0 Å². The molecule has 0 N–H and O–H groups in total. The minimum atomic E-state index is -0.236. The number of hydrogen-bond acceptors (Lipinski definition) is 3. The average Bonchev–Trinajstić information content (AvgIpc) is 2.34. The van der Waals surface area contributed by atoms with Gasteiger partial charge < -0.3 is 4.74 Å². The predicted molar refractivity (Wildman–Crippen MR) is 38.1 cm³/mol. The fourth-order valence-corrected chi connectivity index (χ4v) is 1.02. The van der Waals surface area contributed by atoms with Crippen molar-refractivity contribution in [3.63, 3.8) is 0 Å². The van der Waals surface area contributed by atoms with E-state index in [2.05, 4.69) is 9.73 Å². The lowest BCUT2D eigenvalue weighted by molar-refractivity contribution is -0.142. The number of aliphatic imine (C=N–C) groups is 1. The molecule has 0 saturated carbocycles. The Balaban J connectivity index is 2.46. The molecule has 0 amide bonds. The van der Waals surface area contributed by atoms with Crippen molar-refractivity contribution in [2.75, 3.05) is 7.11 Å². The van der Waals surface area contributed by atoms with Crippen molar-refractivity contribution in [2.24, 2.45) is 10.9 Å².